The topological polar surface area (TPSA) is 42.3 Å². The van der Waals surface area contributed by atoms with E-state index in [2.05, 4.69) is 42.3 Å². The number of hydrogen-bond donors (Lipinski definition) is 1. The van der Waals surface area contributed by atoms with Crippen LogP contribution in [0.5, 0.6) is 5.75 Å². The number of benzene rings is 1. The van der Waals surface area contributed by atoms with Crippen LogP contribution in [0.2, 0.25) is 0 Å². The molecule has 0 atom stereocenters. The van der Waals surface area contributed by atoms with Crippen LogP contribution in [0, 0.1) is 6.92 Å². The van der Waals surface area contributed by atoms with Gasteiger partial charge in [0.1, 0.15) is 11.6 Å². The third-order valence-electron chi connectivity index (χ3n) is 3.62. The van der Waals surface area contributed by atoms with Gasteiger partial charge in [0.15, 0.2) is 0 Å². The number of hydrogen-bond acceptors (Lipinski definition) is 4. The number of nitrogens with one attached hydrogen (secondary N) is 1. The van der Waals surface area contributed by atoms with Crippen molar-refractivity contribution >= 4 is 11.5 Å². The second-order valence-electron chi connectivity index (χ2n) is 5.05. The van der Waals surface area contributed by atoms with Crippen LogP contribution in [-0.2, 0) is 13.6 Å². The molecule has 1 N–H and O–H groups in total. The quantitative estimate of drug-likeness (QED) is 0.887. The number of aromatic nitrogens is 2. The molecule has 2 rings (SSSR count). The number of nitrogens with zero attached hydrogens (tertiary/aromatic N) is 3. The second kappa shape index (κ2) is 6.63. The highest BCUT2D eigenvalue weighted by Crippen LogP contribution is 2.30. The Morgan fingerprint density at radius 3 is 2.81 bits per heavy atom. The third-order valence-corrected chi connectivity index (χ3v) is 3.62. The molecule has 1 heterocycles. The van der Waals surface area contributed by atoms with Gasteiger partial charge in [0.25, 0.3) is 0 Å². The fraction of sp³-hybridized carbons (Fsp3) is 0.438. The van der Waals surface area contributed by atoms with Crippen LogP contribution in [0.25, 0.3) is 0 Å². The summed E-state index contributed by atoms with van der Waals surface area (Å²) in [5.41, 5.74) is 3.36. The average Bonchev–Trinajstić information content (AvgIpc) is 2.78. The Bertz CT molecular complexity index is 606. The zero-order valence-corrected chi connectivity index (χ0v) is 13.5. The van der Waals surface area contributed by atoms with Gasteiger partial charge in [-0.15, -0.1) is 0 Å². The molecule has 0 saturated heterocycles. The lowest BCUT2D eigenvalue weighted by Crippen LogP contribution is -2.18. The molecule has 0 saturated carbocycles. The van der Waals surface area contributed by atoms with Crippen molar-refractivity contribution in [3.05, 3.63) is 35.5 Å². The second-order valence-corrected chi connectivity index (χ2v) is 5.05. The molecule has 0 unspecified atom stereocenters. The standard InChI is InChI=1S/C16H24N4O/c1-6-17-11-15-12(2)18-20(4)16(15)19(3)13-8-7-9-14(10-13)21-5/h7-10,17H,6,11H2,1-5H3. The van der Waals surface area contributed by atoms with Gasteiger partial charge < -0.3 is 15.0 Å². The zero-order valence-electron chi connectivity index (χ0n) is 13.5. The van der Waals surface area contributed by atoms with Crippen molar-refractivity contribution in [2.75, 3.05) is 25.6 Å². The van der Waals surface area contributed by atoms with Crippen LogP contribution >= 0.6 is 0 Å². The molecular formula is C16H24N4O. The van der Waals surface area contributed by atoms with E-state index in [0.717, 1.165) is 36.0 Å². The largest absolute Gasteiger partial charge is 0.497 e. The summed E-state index contributed by atoms with van der Waals surface area (Å²) in [6.45, 7) is 5.92. The average molecular weight is 288 g/mol. The van der Waals surface area contributed by atoms with E-state index in [1.807, 2.05) is 29.9 Å². The first-order chi connectivity index (χ1) is 10.1. The number of aryl methyl sites for hydroxylation is 2. The summed E-state index contributed by atoms with van der Waals surface area (Å²) in [7, 11) is 5.72. The van der Waals surface area contributed by atoms with E-state index < -0.39 is 0 Å². The molecule has 0 spiro atoms. The van der Waals surface area contributed by atoms with E-state index in [1.165, 1.54) is 5.56 Å². The summed E-state index contributed by atoms with van der Waals surface area (Å²) in [5.74, 6) is 1.95. The Kier molecular flexibility index (Phi) is 4.85. The summed E-state index contributed by atoms with van der Waals surface area (Å²) in [6, 6.07) is 8.05. The highest BCUT2D eigenvalue weighted by atomic mass is 16.5. The van der Waals surface area contributed by atoms with Gasteiger partial charge in [0.2, 0.25) is 0 Å². The fourth-order valence-corrected chi connectivity index (χ4v) is 2.51. The van der Waals surface area contributed by atoms with Crippen molar-refractivity contribution in [3.8, 4) is 5.75 Å². The molecule has 21 heavy (non-hydrogen) atoms. The lowest BCUT2D eigenvalue weighted by atomic mass is 10.2. The van der Waals surface area contributed by atoms with Gasteiger partial charge in [-0.1, -0.05) is 13.0 Å². The Morgan fingerprint density at radius 1 is 1.38 bits per heavy atom. The lowest BCUT2D eigenvalue weighted by Gasteiger charge is -2.22. The Balaban J connectivity index is 2.39. The molecule has 0 fully saturated rings. The third kappa shape index (κ3) is 3.19. The molecule has 1 aromatic carbocycles. The molecule has 5 nitrogen and oxygen atoms in total. The van der Waals surface area contributed by atoms with E-state index in [0.29, 0.717) is 0 Å². The monoisotopic (exact) mass is 288 g/mol. The molecule has 5 heteroatoms. The van der Waals surface area contributed by atoms with Gasteiger partial charge in [-0.25, -0.2) is 0 Å². The number of ether oxygens (including phenoxy) is 1. The molecular weight excluding hydrogens is 264 g/mol. The predicted octanol–water partition coefficient (Wildman–Crippen LogP) is 2.61. The van der Waals surface area contributed by atoms with Gasteiger partial charge in [0.05, 0.1) is 12.8 Å². The molecule has 0 amide bonds. The number of anilines is 2. The summed E-state index contributed by atoms with van der Waals surface area (Å²) in [4.78, 5) is 2.15. The van der Waals surface area contributed by atoms with E-state index in [1.54, 1.807) is 7.11 Å². The highest BCUT2D eigenvalue weighted by molar-refractivity contribution is 5.64. The van der Waals surface area contributed by atoms with E-state index in [9.17, 15) is 0 Å². The van der Waals surface area contributed by atoms with Crippen LogP contribution in [0.3, 0.4) is 0 Å². The van der Waals surface area contributed by atoms with Gasteiger partial charge >= 0.3 is 0 Å². The summed E-state index contributed by atoms with van der Waals surface area (Å²) in [5, 5.41) is 7.94. The maximum Gasteiger partial charge on any atom is 0.135 e. The first-order valence-corrected chi connectivity index (χ1v) is 7.19. The Morgan fingerprint density at radius 2 is 2.14 bits per heavy atom. The van der Waals surface area contributed by atoms with E-state index in [-0.39, 0.29) is 0 Å². The smallest absolute Gasteiger partial charge is 0.135 e. The van der Waals surface area contributed by atoms with Crippen LogP contribution in [-0.4, -0.2) is 30.5 Å². The minimum Gasteiger partial charge on any atom is -0.497 e. The van der Waals surface area contributed by atoms with Crippen molar-refractivity contribution < 1.29 is 4.74 Å². The van der Waals surface area contributed by atoms with Crippen LogP contribution in [0.15, 0.2) is 24.3 Å². The highest BCUT2D eigenvalue weighted by Gasteiger charge is 2.17. The molecule has 1 aromatic heterocycles. The zero-order chi connectivity index (χ0) is 15.4. The van der Waals surface area contributed by atoms with Crippen molar-refractivity contribution in [1.29, 1.82) is 0 Å². The predicted molar refractivity (Wildman–Crippen MR) is 86.4 cm³/mol. The molecule has 0 bridgehead atoms. The molecule has 0 aliphatic carbocycles. The minimum absolute atomic E-state index is 0.819. The number of methoxy groups -OCH3 is 1. The Hall–Kier alpha value is -2.01. The van der Waals surface area contributed by atoms with Gasteiger partial charge in [-0.2, -0.15) is 5.10 Å². The molecule has 2 aromatic rings. The molecule has 0 aliphatic rings. The Labute approximate surface area is 126 Å². The fourth-order valence-electron chi connectivity index (χ4n) is 2.51. The maximum absolute atomic E-state index is 5.31. The van der Waals surface area contributed by atoms with Gasteiger partial charge in [0, 0.05) is 38.0 Å². The van der Waals surface area contributed by atoms with Crippen LogP contribution < -0.4 is 15.0 Å². The normalized spacial score (nSPS) is 10.7. The minimum atomic E-state index is 0.819. The molecule has 0 radical (unpaired) electrons. The van der Waals surface area contributed by atoms with E-state index in [4.69, 9.17) is 4.74 Å². The molecule has 0 aliphatic heterocycles. The summed E-state index contributed by atoms with van der Waals surface area (Å²) >= 11 is 0. The van der Waals surface area contributed by atoms with Crippen molar-refractivity contribution in [2.45, 2.75) is 20.4 Å². The van der Waals surface area contributed by atoms with Gasteiger partial charge in [-0.05, 0) is 25.6 Å². The van der Waals surface area contributed by atoms with Gasteiger partial charge in [-0.3, -0.25) is 4.68 Å². The van der Waals surface area contributed by atoms with E-state index >= 15 is 0 Å². The first kappa shape index (κ1) is 15.4. The lowest BCUT2D eigenvalue weighted by molar-refractivity contribution is 0.415. The van der Waals surface area contributed by atoms with Crippen LogP contribution in [0.1, 0.15) is 18.2 Å². The van der Waals surface area contributed by atoms with Crippen molar-refractivity contribution in [2.24, 2.45) is 7.05 Å². The first-order valence-electron chi connectivity index (χ1n) is 7.19. The van der Waals surface area contributed by atoms with Crippen LogP contribution in [0.4, 0.5) is 11.5 Å². The number of rotatable bonds is 6. The maximum atomic E-state index is 5.31. The SMILES string of the molecule is CCNCc1c(C)nn(C)c1N(C)c1cccc(OC)c1. The summed E-state index contributed by atoms with van der Waals surface area (Å²) < 4.78 is 7.24. The van der Waals surface area contributed by atoms with Crippen molar-refractivity contribution in [3.63, 3.8) is 0 Å². The van der Waals surface area contributed by atoms with Crippen molar-refractivity contribution in [1.82, 2.24) is 15.1 Å². The summed E-state index contributed by atoms with van der Waals surface area (Å²) in [6.07, 6.45) is 0. The molecule has 114 valence electrons.